The molecule has 1 unspecified atom stereocenters. The predicted molar refractivity (Wildman–Crippen MR) is 113 cm³/mol. The summed E-state index contributed by atoms with van der Waals surface area (Å²) in [5, 5.41) is 11.1. The zero-order valence-electron chi connectivity index (χ0n) is 17.6. The maximum atomic E-state index is 13.0. The average molecular weight is 424 g/mol. The SMILES string of the molecule is COc1ccc(C2/C(=C(/O)c3ccc4c(c3)OCO4)C(=O)C(=O)N2CCN(C)C)cc1. The number of hydrogen-bond acceptors (Lipinski definition) is 7. The van der Waals surface area contributed by atoms with Gasteiger partial charge in [-0.25, -0.2) is 0 Å². The van der Waals surface area contributed by atoms with Crippen LogP contribution in [0.4, 0.5) is 0 Å². The summed E-state index contributed by atoms with van der Waals surface area (Å²) in [4.78, 5) is 29.3. The highest BCUT2D eigenvalue weighted by molar-refractivity contribution is 6.46. The van der Waals surface area contributed by atoms with Gasteiger partial charge in [-0.05, 0) is 50.0 Å². The molecule has 0 radical (unpaired) electrons. The second-order valence-electron chi connectivity index (χ2n) is 7.64. The molecule has 0 spiro atoms. The molecular formula is C23H24N2O6. The van der Waals surface area contributed by atoms with Crippen LogP contribution in [0.2, 0.25) is 0 Å². The fourth-order valence-electron chi connectivity index (χ4n) is 3.75. The lowest BCUT2D eigenvalue weighted by Crippen LogP contribution is -2.35. The van der Waals surface area contributed by atoms with Crippen molar-refractivity contribution >= 4 is 17.4 Å². The van der Waals surface area contributed by atoms with E-state index in [-0.39, 0.29) is 18.1 Å². The molecule has 1 saturated heterocycles. The highest BCUT2D eigenvalue weighted by Crippen LogP contribution is 2.41. The minimum absolute atomic E-state index is 0.0489. The molecule has 2 aromatic carbocycles. The molecule has 2 aliphatic rings. The zero-order chi connectivity index (χ0) is 22.1. The Morgan fingerprint density at radius 1 is 1.13 bits per heavy atom. The number of fused-ring (bicyclic) bond motifs is 1. The third-order valence-electron chi connectivity index (χ3n) is 5.41. The summed E-state index contributed by atoms with van der Waals surface area (Å²) in [5.41, 5.74) is 1.14. The fourth-order valence-corrected chi connectivity index (χ4v) is 3.75. The minimum Gasteiger partial charge on any atom is -0.507 e. The third-order valence-corrected chi connectivity index (χ3v) is 5.41. The van der Waals surface area contributed by atoms with Gasteiger partial charge in [-0.3, -0.25) is 9.59 Å². The Morgan fingerprint density at radius 2 is 1.84 bits per heavy atom. The fraction of sp³-hybridized carbons (Fsp3) is 0.304. The van der Waals surface area contributed by atoms with Crippen molar-refractivity contribution in [2.45, 2.75) is 6.04 Å². The van der Waals surface area contributed by atoms with Gasteiger partial charge in [0.1, 0.15) is 11.5 Å². The average Bonchev–Trinajstić information content (AvgIpc) is 3.34. The molecule has 162 valence electrons. The number of Topliss-reactive ketones (excluding diaryl/α,β-unsaturated/α-hetero) is 1. The Bertz CT molecular complexity index is 1040. The Kier molecular flexibility index (Phi) is 5.56. The largest absolute Gasteiger partial charge is 0.507 e. The van der Waals surface area contributed by atoms with Crippen molar-refractivity contribution in [3.63, 3.8) is 0 Å². The molecule has 1 fully saturated rings. The topological polar surface area (TPSA) is 88.5 Å². The zero-order valence-corrected chi connectivity index (χ0v) is 17.6. The van der Waals surface area contributed by atoms with Crippen molar-refractivity contribution in [2.24, 2.45) is 0 Å². The van der Waals surface area contributed by atoms with Gasteiger partial charge in [0.25, 0.3) is 11.7 Å². The molecule has 0 bridgehead atoms. The summed E-state index contributed by atoms with van der Waals surface area (Å²) in [6.45, 7) is 1.01. The summed E-state index contributed by atoms with van der Waals surface area (Å²) >= 11 is 0. The molecule has 2 heterocycles. The molecule has 0 aliphatic carbocycles. The van der Waals surface area contributed by atoms with Gasteiger partial charge in [0.2, 0.25) is 6.79 Å². The van der Waals surface area contributed by atoms with Crippen molar-refractivity contribution in [3.05, 3.63) is 59.2 Å². The summed E-state index contributed by atoms with van der Waals surface area (Å²) < 4.78 is 15.9. The molecule has 1 amide bonds. The highest BCUT2D eigenvalue weighted by Gasteiger charge is 2.46. The van der Waals surface area contributed by atoms with Gasteiger partial charge >= 0.3 is 0 Å². The normalized spacial score (nSPS) is 19.4. The number of carbonyl (C=O) groups excluding carboxylic acids is 2. The monoisotopic (exact) mass is 424 g/mol. The number of methoxy groups -OCH3 is 1. The first-order chi connectivity index (χ1) is 14.9. The molecule has 8 heteroatoms. The van der Waals surface area contributed by atoms with E-state index in [0.717, 1.165) is 0 Å². The van der Waals surface area contributed by atoms with Crippen molar-refractivity contribution in [1.82, 2.24) is 9.80 Å². The molecule has 31 heavy (non-hydrogen) atoms. The first kappa shape index (κ1) is 20.7. The van der Waals surface area contributed by atoms with Crippen LogP contribution in [0.15, 0.2) is 48.0 Å². The number of rotatable bonds is 6. The van der Waals surface area contributed by atoms with E-state index in [1.807, 2.05) is 19.0 Å². The Balaban J connectivity index is 1.81. The summed E-state index contributed by atoms with van der Waals surface area (Å²) in [6, 6.07) is 11.3. The first-order valence-corrected chi connectivity index (χ1v) is 9.88. The number of carbonyl (C=O) groups is 2. The van der Waals surface area contributed by atoms with Crippen LogP contribution in [0, 0.1) is 0 Å². The molecule has 8 nitrogen and oxygen atoms in total. The van der Waals surface area contributed by atoms with Gasteiger partial charge in [0, 0.05) is 18.7 Å². The maximum absolute atomic E-state index is 13.0. The Labute approximate surface area is 180 Å². The quantitative estimate of drug-likeness (QED) is 0.433. The molecule has 0 aromatic heterocycles. The number of aliphatic hydroxyl groups excluding tert-OH is 1. The van der Waals surface area contributed by atoms with Gasteiger partial charge in [-0.2, -0.15) is 0 Å². The summed E-state index contributed by atoms with van der Waals surface area (Å²) in [7, 11) is 5.36. The predicted octanol–water partition coefficient (Wildman–Crippen LogP) is 2.41. The molecule has 1 atom stereocenters. The van der Waals surface area contributed by atoms with Gasteiger partial charge in [0.15, 0.2) is 11.5 Å². The number of likely N-dealkylation sites (N-methyl/N-ethyl adjacent to an activating group) is 1. The van der Waals surface area contributed by atoms with Crippen LogP contribution < -0.4 is 14.2 Å². The number of aliphatic hydroxyl groups is 1. The lowest BCUT2D eigenvalue weighted by molar-refractivity contribution is -0.140. The van der Waals surface area contributed by atoms with E-state index in [0.29, 0.717) is 41.5 Å². The smallest absolute Gasteiger partial charge is 0.295 e. The Morgan fingerprint density at radius 3 is 2.52 bits per heavy atom. The van der Waals surface area contributed by atoms with Crippen LogP contribution in [-0.4, -0.2) is 67.7 Å². The number of amides is 1. The van der Waals surface area contributed by atoms with E-state index in [9.17, 15) is 14.7 Å². The number of ether oxygens (including phenoxy) is 3. The number of likely N-dealkylation sites (tertiary alicyclic amines) is 1. The van der Waals surface area contributed by atoms with Gasteiger partial charge in [-0.15, -0.1) is 0 Å². The third kappa shape index (κ3) is 3.82. The minimum atomic E-state index is -0.713. The van der Waals surface area contributed by atoms with Gasteiger partial charge in [-0.1, -0.05) is 12.1 Å². The van der Waals surface area contributed by atoms with Crippen LogP contribution in [0.3, 0.4) is 0 Å². The van der Waals surface area contributed by atoms with Gasteiger partial charge in [0.05, 0.1) is 18.7 Å². The molecule has 2 aliphatic heterocycles. The molecular weight excluding hydrogens is 400 g/mol. The molecule has 2 aromatic rings. The van der Waals surface area contributed by atoms with E-state index in [2.05, 4.69) is 0 Å². The van der Waals surface area contributed by atoms with Crippen LogP contribution in [-0.2, 0) is 9.59 Å². The second-order valence-corrected chi connectivity index (χ2v) is 7.64. The number of nitrogens with zero attached hydrogens (tertiary/aromatic N) is 2. The highest BCUT2D eigenvalue weighted by atomic mass is 16.7. The van der Waals surface area contributed by atoms with E-state index in [4.69, 9.17) is 14.2 Å². The lowest BCUT2D eigenvalue weighted by Gasteiger charge is -2.26. The molecule has 1 N–H and O–H groups in total. The van der Waals surface area contributed by atoms with Crippen molar-refractivity contribution < 1.29 is 28.9 Å². The van der Waals surface area contributed by atoms with Crippen molar-refractivity contribution in [2.75, 3.05) is 41.1 Å². The van der Waals surface area contributed by atoms with Crippen LogP contribution >= 0.6 is 0 Å². The van der Waals surface area contributed by atoms with E-state index < -0.39 is 17.7 Å². The van der Waals surface area contributed by atoms with Crippen LogP contribution in [0.5, 0.6) is 17.2 Å². The van der Waals surface area contributed by atoms with E-state index in [1.165, 1.54) is 4.90 Å². The van der Waals surface area contributed by atoms with E-state index in [1.54, 1.807) is 49.6 Å². The van der Waals surface area contributed by atoms with Crippen molar-refractivity contribution in [1.29, 1.82) is 0 Å². The summed E-state index contributed by atoms with van der Waals surface area (Å²) in [5.74, 6) is 0.107. The second kappa shape index (κ2) is 8.31. The standard InChI is InChI=1S/C23H24N2O6/c1-24(2)10-11-25-20(14-4-7-16(29-3)8-5-14)19(22(27)23(25)28)21(26)15-6-9-17-18(12-15)31-13-30-17/h4-9,12,20,26H,10-11,13H2,1-3H3/b21-19-. The number of ketones is 1. The van der Waals surface area contributed by atoms with Gasteiger partial charge < -0.3 is 29.1 Å². The van der Waals surface area contributed by atoms with Crippen LogP contribution in [0.25, 0.3) is 5.76 Å². The maximum Gasteiger partial charge on any atom is 0.295 e. The summed E-state index contributed by atoms with van der Waals surface area (Å²) in [6.07, 6.45) is 0. The van der Waals surface area contributed by atoms with Crippen LogP contribution in [0.1, 0.15) is 17.2 Å². The lowest BCUT2D eigenvalue weighted by atomic mass is 9.95. The van der Waals surface area contributed by atoms with E-state index >= 15 is 0 Å². The molecule has 4 rings (SSSR count). The molecule has 0 saturated carbocycles. The number of hydrogen-bond donors (Lipinski definition) is 1. The first-order valence-electron chi connectivity index (χ1n) is 9.88. The van der Waals surface area contributed by atoms with Crippen molar-refractivity contribution in [3.8, 4) is 17.2 Å². The number of benzene rings is 2. The Hall–Kier alpha value is -3.52.